The quantitative estimate of drug-likeness (QED) is 0.647. The second-order valence-electron chi connectivity index (χ2n) is 7.43. The molecule has 1 aromatic carbocycles. The number of carboxylic acids is 1. The molecule has 0 saturated heterocycles. The number of aromatic amines is 1. The first kappa shape index (κ1) is 22.5. The highest BCUT2D eigenvalue weighted by Crippen LogP contribution is 2.28. The molecule has 0 amide bonds. The Labute approximate surface area is 177 Å². The molecule has 166 valence electrons. The molecule has 0 bridgehead atoms. The fourth-order valence-electron chi connectivity index (χ4n) is 3.56. The number of nitrogens with zero attached hydrogens (tertiary/aromatic N) is 4. The first-order chi connectivity index (χ1) is 14.6. The Morgan fingerprint density at radius 1 is 1.23 bits per heavy atom. The molecule has 1 atom stereocenters. The van der Waals surface area contributed by atoms with E-state index < -0.39 is 12.1 Å². The lowest BCUT2D eigenvalue weighted by Gasteiger charge is -2.33. The van der Waals surface area contributed by atoms with Crippen LogP contribution in [-0.4, -0.2) is 48.4 Å². The van der Waals surface area contributed by atoms with Crippen molar-refractivity contribution in [1.29, 1.82) is 0 Å². The van der Waals surface area contributed by atoms with Gasteiger partial charge in [0, 0.05) is 31.4 Å². The predicted molar refractivity (Wildman–Crippen MR) is 108 cm³/mol. The molecule has 7 nitrogen and oxygen atoms in total. The molecule has 2 N–H and O–H groups in total. The molecular formula is C21H24F3N5O2. The summed E-state index contributed by atoms with van der Waals surface area (Å²) in [5.74, 6) is -1.59. The fourth-order valence-corrected chi connectivity index (χ4v) is 3.56. The van der Waals surface area contributed by atoms with Crippen molar-refractivity contribution in [2.75, 3.05) is 6.54 Å². The Bertz CT molecular complexity index is 1040. The highest BCUT2D eigenvalue weighted by Gasteiger charge is 2.38. The van der Waals surface area contributed by atoms with Crippen molar-refractivity contribution in [3.63, 3.8) is 0 Å². The molecule has 2 aromatic heterocycles. The minimum atomic E-state index is -5.08. The van der Waals surface area contributed by atoms with Crippen LogP contribution in [0.5, 0.6) is 0 Å². The normalized spacial score (nSPS) is 16.4. The number of benzene rings is 1. The van der Waals surface area contributed by atoms with E-state index in [1.54, 1.807) is 0 Å². The first-order valence-electron chi connectivity index (χ1n) is 9.75. The van der Waals surface area contributed by atoms with E-state index in [1.165, 1.54) is 17.1 Å². The van der Waals surface area contributed by atoms with Crippen molar-refractivity contribution in [3.8, 4) is 11.3 Å². The van der Waals surface area contributed by atoms with Crippen molar-refractivity contribution in [1.82, 2.24) is 24.6 Å². The van der Waals surface area contributed by atoms with Crippen molar-refractivity contribution in [3.05, 3.63) is 59.3 Å². The van der Waals surface area contributed by atoms with Gasteiger partial charge in [0.15, 0.2) is 0 Å². The number of hydrogen-bond acceptors (Lipinski definition) is 4. The summed E-state index contributed by atoms with van der Waals surface area (Å²) in [4.78, 5) is 16.1. The maximum Gasteiger partial charge on any atom is 0.490 e. The number of fused-ring (bicyclic) bond motifs is 1. The SMILES string of the molecule is Cc1cn2c(n1)C(C)N(Cc1[nH]nc(-c3ccccc3)c1C)CC2.O=C(O)C(F)(F)F. The molecule has 0 spiro atoms. The van der Waals surface area contributed by atoms with Gasteiger partial charge in [-0.1, -0.05) is 30.3 Å². The van der Waals surface area contributed by atoms with E-state index in [-0.39, 0.29) is 0 Å². The topological polar surface area (TPSA) is 87.0 Å². The number of hydrogen-bond donors (Lipinski definition) is 2. The van der Waals surface area contributed by atoms with Gasteiger partial charge in [0.2, 0.25) is 0 Å². The van der Waals surface area contributed by atoms with E-state index in [0.29, 0.717) is 6.04 Å². The van der Waals surface area contributed by atoms with Gasteiger partial charge in [0.25, 0.3) is 0 Å². The van der Waals surface area contributed by atoms with Crippen LogP contribution >= 0.6 is 0 Å². The van der Waals surface area contributed by atoms with Gasteiger partial charge in [-0.3, -0.25) is 10.00 Å². The Balaban J connectivity index is 0.000000339. The summed E-state index contributed by atoms with van der Waals surface area (Å²) in [5.41, 5.74) is 5.74. The highest BCUT2D eigenvalue weighted by atomic mass is 19.4. The number of H-pyrrole nitrogens is 1. The van der Waals surface area contributed by atoms with Crippen LogP contribution in [0.1, 0.15) is 35.7 Å². The third kappa shape index (κ3) is 5.13. The van der Waals surface area contributed by atoms with E-state index in [0.717, 1.165) is 36.6 Å². The van der Waals surface area contributed by atoms with E-state index in [9.17, 15) is 13.2 Å². The number of aryl methyl sites for hydroxylation is 1. The lowest BCUT2D eigenvalue weighted by molar-refractivity contribution is -0.192. The Hall–Kier alpha value is -3.14. The van der Waals surface area contributed by atoms with Gasteiger partial charge in [0.05, 0.1) is 23.1 Å². The Morgan fingerprint density at radius 2 is 1.87 bits per heavy atom. The predicted octanol–water partition coefficient (Wildman–Crippen LogP) is 4.10. The zero-order valence-electron chi connectivity index (χ0n) is 17.4. The summed E-state index contributed by atoms with van der Waals surface area (Å²) in [6, 6.07) is 10.7. The Morgan fingerprint density at radius 3 is 2.48 bits per heavy atom. The zero-order chi connectivity index (χ0) is 22.8. The van der Waals surface area contributed by atoms with Crippen LogP contribution in [0.25, 0.3) is 11.3 Å². The molecule has 31 heavy (non-hydrogen) atoms. The number of rotatable bonds is 3. The van der Waals surface area contributed by atoms with Crippen LogP contribution < -0.4 is 0 Å². The maximum atomic E-state index is 10.6. The average molecular weight is 435 g/mol. The van der Waals surface area contributed by atoms with E-state index >= 15 is 0 Å². The summed E-state index contributed by atoms with van der Waals surface area (Å²) in [7, 11) is 0. The maximum absolute atomic E-state index is 10.6. The van der Waals surface area contributed by atoms with Gasteiger partial charge in [-0.25, -0.2) is 9.78 Å². The molecule has 3 heterocycles. The molecule has 3 aromatic rings. The number of halogens is 3. The van der Waals surface area contributed by atoms with Crippen LogP contribution in [0.2, 0.25) is 0 Å². The van der Waals surface area contributed by atoms with Gasteiger partial charge < -0.3 is 9.67 Å². The van der Waals surface area contributed by atoms with Crippen molar-refractivity contribution in [2.45, 2.75) is 46.1 Å². The molecule has 10 heteroatoms. The van der Waals surface area contributed by atoms with Crippen LogP contribution in [0, 0.1) is 13.8 Å². The first-order valence-corrected chi connectivity index (χ1v) is 9.75. The molecule has 0 fully saturated rings. The van der Waals surface area contributed by atoms with Crippen molar-refractivity contribution in [2.24, 2.45) is 0 Å². The molecule has 0 saturated carbocycles. The number of imidazole rings is 1. The molecule has 0 radical (unpaired) electrons. The number of aromatic nitrogens is 4. The lowest BCUT2D eigenvalue weighted by Crippen LogP contribution is -2.36. The Kier molecular flexibility index (Phi) is 6.49. The highest BCUT2D eigenvalue weighted by molar-refractivity contribution is 5.73. The van der Waals surface area contributed by atoms with Gasteiger partial charge >= 0.3 is 12.1 Å². The molecule has 4 rings (SSSR count). The summed E-state index contributed by atoms with van der Waals surface area (Å²) < 4.78 is 34.0. The van der Waals surface area contributed by atoms with Gasteiger partial charge in [-0.15, -0.1) is 0 Å². The second kappa shape index (κ2) is 8.93. The molecule has 0 aliphatic carbocycles. The van der Waals surface area contributed by atoms with Crippen molar-refractivity contribution >= 4 is 5.97 Å². The van der Waals surface area contributed by atoms with Crippen LogP contribution in [-0.2, 0) is 17.9 Å². The molecule has 1 unspecified atom stereocenters. The smallest absolute Gasteiger partial charge is 0.475 e. The minimum Gasteiger partial charge on any atom is -0.475 e. The summed E-state index contributed by atoms with van der Waals surface area (Å²) in [5, 5.41) is 14.9. The summed E-state index contributed by atoms with van der Waals surface area (Å²) >= 11 is 0. The number of carbonyl (C=O) groups is 1. The van der Waals surface area contributed by atoms with Crippen LogP contribution in [0.15, 0.2) is 36.5 Å². The fraction of sp³-hybridized carbons (Fsp3) is 0.381. The number of carboxylic acid groups (broad SMARTS) is 1. The molecule has 1 aliphatic heterocycles. The third-order valence-corrected chi connectivity index (χ3v) is 5.24. The molecular weight excluding hydrogens is 411 g/mol. The van der Waals surface area contributed by atoms with Gasteiger partial charge in [-0.05, 0) is 26.3 Å². The summed E-state index contributed by atoms with van der Waals surface area (Å²) in [6.45, 7) is 9.36. The largest absolute Gasteiger partial charge is 0.490 e. The lowest BCUT2D eigenvalue weighted by atomic mass is 10.1. The van der Waals surface area contributed by atoms with Gasteiger partial charge in [0.1, 0.15) is 5.82 Å². The van der Waals surface area contributed by atoms with Gasteiger partial charge in [-0.2, -0.15) is 18.3 Å². The second-order valence-corrected chi connectivity index (χ2v) is 7.43. The van der Waals surface area contributed by atoms with E-state index in [4.69, 9.17) is 14.9 Å². The number of nitrogens with one attached hydrogen (secondary N) is 1. The average Bonchev–Trinajstić information content (AvgIpc) is 3.27. The standard InChI is InChI=1S/C19H23N5.C2HF3O2/c1-13-11-24-10-9-23(15(3)19(24)20-13)12-17-14(2)18(22-21-17)16-7-5-4-6-8-16;3-2(4,5)1(6)7/h4-8,11,15H,9-10,12H2,1-3H3,(H,21,22);(H,6,7). The minimum absolute atomic E-state index is 0.315. The zero-order valence-corrected chi connectivity index (χ0v) is 17.4. The van der Waals surface area contributed by atoms with Crippen LogP contribution in [0.4, 0.5) is 13.2 Å². The number of alkyl halides is 3. The number of aliphatic carboxylic acids is 1. The summed E-state index contributed by atoms with van der Waals surface area (Å²) in [6.07, 6.45) is -2.93. The monoisotopic (exact) mass is 435 g/mol. The van der Waals surface area contributed by atoms with E-state index in [2.05, 4.69) is 70.9 Å². The molecule has 1 aliphatic rings. The van der Waals surface area contributed by atoms with E-state index in [1.807, 2.05) is 6.07 Å². The van der Waals surface area contributed by atoms with Crippen LogP contribution in [0.3, 0.4) is 0 Å². The van der Waals surface area contributed by atoms with Crippen molar-refractivity contribution < 1.29 is 23.1 Å². The third-order valence-electron chi connectivity index (χ3n) is 5.24.